The van der Waals surface area contributed by atoms with Gasteiger partial charge in [0.2, 0.25) is 5.91 Å². The fraction of sp³-hybridized carbons (Fsp3) is 0.594. The molecule has 1 spiro atoms. The predicted octanol–water partition coefficient (Wildman–Crippen LogP) is 3.71. The van der Waals surface area contributed by atoms with E-state index in [0.717, 1.165) is 18.8 Å². The molecule has 3 fully saturated rings. The molecule has 3 aliphatic rings. The van der Waals surface area contributed by atoms with Gasteiger partial charge in [-0.3, -0.25) is 14.4 Å². The molecule has 9 heteroatoms. The molecule has 0 aromatic heterocycles. The zero-order valence-corrected chi connectivity index (χ0v) is 24.9. The van der Waals surface area contributed by atoms with Crippen LogP contribution in [-0.4, -0.2) is 83.9 Å². The lowest BCUT2D eigenvalue weighted by Crippen LogP contribution is -2.59. The van der Waals surface area contributed by atoms with Gasteiger partial charge in [-0.25, -0.2) is 0 Å². The zero-order valence-electron chi connectivity index (χ0n) is 24.9. The van der Waals surface area contributed by atoms with Gasteiger partial charge in [-0.15, -0.1) is 6.58 Å². The van der Waals surface area contributed by atoms with E-state index in [1.807, 2.05) is 38.1 Å². The quantitative estimate of drug-likeness (QED) is 0.270. The Kier molecular flexibility index (Phi) is 9.29. The lowest BCUT2D eigenvalue weighted by atomic mass is 9.65. The van der Waals surface area contributed by atoms with Gasteiger partial charge in [-0.05, 0) is 63.8 Å². The van der Waals surface area contributed by atoms with Gasteiger partial charge < -0.3 is 29.3 Å². The Labute approximate surface area is 243 Å². The van der Waals surface area contributed by atoms with Gasteiger partial charge in [0, 0.05) is 31.0 Å². The summed E-state index contributed by atoms with van der Waals surface area (Å²) in [6, 6.07) is 6.18. The molecule has 1 aromatic rings. The molecule has 1 aromatic carbocycles. The van der Waals surface area contributed by atoms with Gasteiger partial charge in [-0.1, -0.05) is 32.6 Å². The molecule has 1 N–H and O–H groups in total. The van der Waals surface area contributed by atoms with Crippen molar-refractivity contribution < 1.29 is 29.0 Å². The minimum atomic E-state index is -1.20. The van der Waals surface area contributed by atoms with E-state index < -0.39 is 41.1 Å². The first-order chi connectivity index (χ1) is 19.7. The molecule has 2 amide bonds. The smallest absolute Gasteiger partial charge is 0.313 e. The average Bonchev–Trinajstić information content (AvgIpc) is 3.60. The molecule has 6 atom stereocenters. The third kappa shape index (κ3) is 4.87. The maximum absolute atomic E-state index is 14.7. The van der Waals surface area contributed by atoms with Gasteiger partial charge in [0.15, 0.2) is 0 Å². The van der Waals surface area contributed by atoms with E-state index in [9.17, 15) is 19.5 Å². The number of ether oxygens (including phenoxy) is 2. The van der Waals surface area contributed by atoms with E-state index in [1.54, 1.807) is 11.0 Å². The van der Waals surface area contributed by atoms with Crippen LogP contribution >= 0.6 is 0 Å². The standard InChI is InChI=1S/C32H45N3O6/c1-7-19-34(24-15-13-23(14-16-24)33(11-5)12-6)29(38)27-32-18-17-31(10-4,41-32)26(30(39)40-20-8-2)25(32)28(37)35(27)22(9-3)21-36/h7-8,13-16,22,25-27,36H,1-2,9-12,17-21H2,3-6H3/t22-,25-,26+,27?,31-,32?/m0/s1. The summed E-state index contributed by atoms with van der Waals surface area (Å²) in [5.41, 5.74) is -0.366. The highest BCUT2D eigenvalue weighted by molar-refractivity contribution is 6.05. The lowest BCUT2D eigenvalue weighted by molar-refractivity contribution is -0.161. The summed E-state index contributed by atoms with van der Waals surface area (Å²) >= 11 is 0. The second-order valence-electron chi connectivity index (χ2n) is 11.2. The Bertz CT molecular complexity index is 1150. The minimum Gasteiger partial charge on any atom is -0.461 e. The van der Waals surface area contributed by atoms with E-state index in [1.165, 1.54) is 11.0 Å². The molecule has 2 unspecified atom stereocenters. The van der Waals surface area contributed by atoms with Crippen LogP contribution in [-0.2, 0) is 23.9 Å². The number of rotatable bonds is 14. The van der Waals surface area contributed by atoms with Crippen LogP contribution in [0.2, 0.25) is 0 Å². The number of esters is 1. The molecule has 0 radical (unpaired) electrons. The SMILES string of the molecule is C=CCOC(=O)[C@H]1[C@H]2C(=O)N([C@@H](CC)CO)C(C(=O)N(CC=C)c3ccc(N(CC)CC)cc3)C23CC[C@]1(CC)O3. The number of carbonyl (C=O) groups excluding carboxylic acids is 3. The number of aliphatic hydroxyl groups excluding tert-OH is 1. The number of aliphatic hydroxyl groups is 1. The molecule has 3 aliphatic heterocycles. The number of hydrogen-bond donors (Lipinski definition) is 1. The van der Waals surface area contributed by atoms with E-state index in [4.69, 9.17) is 9.47 Å². The molecule has 3 heterocycles. The summed E-state index contributed by atoms with van der Waals surface area (Å²) in [7, 11) is 0. The van der Waals surface area contributed by atoms with Crippen LogP contribution < -0.4 is 9.80 Å². The van der Waals surface area contributed by atoms with Crippen LogP contribution in [0.5, 0.6) is 0 Å². The topological polar surface area (TPSA) is 99.6 Å². The van der Waals surface area contributed by atoms with E-state index in [0.29, 0.717) is 31.4 Å². The van der Waals surface area contributed by atoms with Gasteiger partial charge in [0.05, 0.1) is 24.2 Å². The van der Waals surface area contributed by atoms with Crippen molar-refractivity contribution in [1.29, 1.82) is 0 Å². The number of fused-ring (bicyclic) bond motifs is 1. The first kappa shape index (κ1) is 30.8. The van der Waals surface area contributed by atoms with Crippen LogP contribution in [0, 0.1) is 11.8 Å². The van der Waals surface area contributed by atoms with Crippen molar-refractivity contribution >= 4 is 29.2 Å². The second-order valence-corrected chi connectivity index (χ2v) is 11.2. The van der Waals surface area contributed by atoms with E-state index >= 15 is 0 Å². The number of nitrogens with zero attached hydrogens (tertiary/aromatic N) is 3. The van der Waals surface area contributed by atoms with Crippen LogP contribution in [0.25, 0.3) is 0 Å². The third-order valence-corrected chi connectivity index (χ3v) is 9.39. The maximum Gasteiger partial charge on any atom is 0.313 e. The Morgan fingerprint density at radius 1 is 1.12 bits per heavy atom. The van der Waals surface area contributed by atoms with Crippen molar-refractivity contribution in [1.82, 2.24) is 4.90 Å². The molecule has 9 nitrogen and oxygen atoms in total. The molecular weight excluding hydrogens is 522 g/mol. The Morgan fingerprint density at radius 2 is 1.78 bits per heavy atom. The van der Waals surface area contributed by atoms with Crippen molar-refractivity contribution in [2.24, 2.45) is 11.8 Å². The van der Waals surface area contributed by atoms with Gasteiger partial charge >= 0.3 is 5.97 Å². The number of likely N-dealkylation sites (tertiary alicyclic amines) is 1. The van der Waals surface area contributed by atoms with Crippen LogP contribution in [0.15, 0.2) is 49.6 Å². The molecule has 4 rings (SSSR count). The highest BCUT2D eigenvalue weighted by Gasteiger charge is 2.79. The Hall–Kier alpha value is -3.17. The number of carbonyl (C=O) groups is 3. The number of hydrogen-bond acceptors (Lipinski definition) is 7. The summed E-state index contributed by atoms with van der Waals surface area (Å²) < 4.78 is 12.3. The van der Waals surface area contributed by atoms with Crippen LogP contribution in [0.4, 0.5) is 11.4 Å². The monoisotopic (exact) mass is 567 g/mol. The summed E-state index contributed by atoms with van der Waals surface area (Å²) in [4.78, 5) is 47.8. The first-order valence-electron chi connectivity index (χ1n) is 14.9. The van der Waals surface area contributed by atoms with E-state index in [-0.39, 0.29) is 31.6 Å². The van der Waals surface area contributed by atoms with Gasteiger partial charge in [0.1, 0.15) is 24.2 Å². The number of anilines is 2. The van der Waals surface area contributed by atoms with Gasteiger partial charge in [0.25, 0.3) is 5.91 Å². The third-order valence-electron chi connectivity index (χ3n) is 9.39. The normalized spacial score (nSPS) is 28.8. The zero-order chi connectivity index (χ0) is 29.9. The summed E-state index contributed by atoms with van der Waals surface area (Å²) in [6.45, 7) is 17.2. The van der Waals surface area contributed by atoms with E-state index in [2.05, 4.69) is 31.9 Å². The van der Waals surface area contributed by atoms with Crippen molar-refractivity contribution in [3.63, 3.8) is 0 Å². The second kappa shape index (κ2) is 12.4. The predicted molar refractivity (Wildman–Crippen MR) is 159 cm³/mol. The van der Waals surface area contributed by atoms with Crippen molar-refractivity contribution in [2.75, 3.05) is 42.6 Å². The molecular formula is C32H45N3O6. The Balaban J connectivity index is 1.80. The maximum atomic E-state index is 14.7. The highest BCUT2D eigenvalue weighted by atomic mass is 16.6. The van der Waals surface area contributed by atoms with Crippen LogP contribution in [0.1, 0.15) is 53.4 Å². The lowest BCUT2D eigenvalue weighted by Gasteiger charge is -2.39. The molecule has 224 valence electrons. The minimum absolute atomic E-state index is 0.0277. The summed E-state index contributed by atoms with van der Waals surface area (Å²) in [6.07, 6.45) is 5.10. The molecule has 41 heavy (non-hydrogen) atoms. The summed E-state index contributed by atoms with van der Waals surface area (Å²) in [5.74, 6) is -2.87. The largest absolute Gasteiger partial charge is 0.461 e. The number of amides is 2. The highest BCUT2D eigenvalue weighted by Crippen LogP contribution is 2.65. The molecule has 2 bridgehead atoms. The molecule has 0 saturated carbocycles. The molecule has 3 saturated heterocycles. The van der Waals surface area contributed by atoms with Crippen LogP contribution in [0.3, 0.4) is 0 Å². The fourth-order valence-corrected chi connectivity index (χ4v) is 7.36. The van der Waals surface area contributed by atoms with Crippen molar-refractivity contribution in [3.8, 4) is 0 Å². The number of benzene rings is 1. The Morgan fingerprint density at radius 3 is 2.32 bits per heavy atom. The fourth-order valence-electron chi connectivity index (χ4n) is 7.36. The van der Waals surface area contributed by atoms with Gasteiger partial charge in [-0.2, -0.15) is 0 Å². The average molecular weight is 568 g/mol. The first-order valence-corrected chi connectivity index (χ1v) is 14.9. The summed E-state index contributed by atoms with van der Waals surface area (Å²) in [5, 5.41) is 10.3. The van der Waals surface area contributed by atoms with Crippen molar-refractivity contribution in [2.45, 2.75) is 76.7 Å². The molecule has 0 aliphatic carbocycles. The van der Waals surface area contributed by atoms with Crippen molar-refractivity contribution in [3.05, 3.63) is 49.6 Å².